The predicted molar refractivity (Wildman–Crippen MR) is 86.2 cm³/mol. The van der Waals surface area contributed by atoms with Crippen molar-refractivity contribution < 1.29 is 14.2 Å². The Morgan fingerprint density at radius 2 is 1.91 bits per heavy atom. The van der Waals surface area contributed by atoms with E-state index in [0.29, 0.717) is 16.9 Å². The quantitative estimate of drug-likeness (QED) is 0.867. The molecule has 22 heavy (non-hydrogen) atoms. The molecule has 0 bridgehead atoms. The molecule has 0 unspecified atom stereocenters. The maximum absolute atomic E-state index is 14.3. The minimum absolute atomic E-state index is 0.0888. The minimum Gasteiger partial charge on any atom is -0.497 e. The highest BCUT2D eigenvalue weighted by Gasteiger charge is 2.23. The largest absolute Gasteiger partial charge is 0.497 e. The van der Waals surface area contributed by atoms with E-state index in [1.54, 1.807) is 24.3 Å². The van der Waals surface area contributed by atoms with Gasteiger partial charge in [-0.05, 0) is 48.7 Å². The molecule has 3 heteroatoms. The van der Waals surface area contributed by atoms with E-state index in [9.17, 15) is 9.50 Å². The first kappa shape index (κ1) is 16.1. The summed E-state index contributed by atoms with van der Waals surface area (Å²) in [6.07, 6.45) is 5.64. The van der Waals surface area contributed by atoms with Crippen molar-refractivity contribution in [2.45, 2.75) is 25.9 Å². The lowest BCUT2D eigenvalue weighted by Crippen LogP contribution is -2.16. The van der Waals surface area contributed by atoms with Gasteiger partial charge in [0.1, 0.15) is 11.6 Å². The minimum atomic E-state index is -0.587. The summed E-state index contributed by atoms with van der Waals surface area (Å²) in [6, 6.07) is 9.99. The van der Waals surface area contributed by atoms with Gasteiger partial charge in [-0.3, -0.25) is 0 Å². The molecule has 0 amide bonds. The number of terminal acetylenes is 1. The SMILES string of the molecule is C#CC(C)(C)c1cc(CO)ccc1-c1cc(OC)ccc1F. The summed E-state index contributed by atoms with van der Waals surface area (Å²) >= 11 is 0. The van der Waals surface area contributed by atoms with Crippen LogP contribution in [0.1, 0.15) is 25.0 Å². The molecule has 2 aromatic carbocycles. The Hall–Kier alpha value is -2.31. The number of hydrogen-bond donors (Lipinski definition) is 1. The van der Waals surface area contributed by atoms with Crippen LogP contribution >= 0.6 is 0 Å². The highest BCUT2D eigenvalue weighted by molar-refractivity contribution is 5.72. The number of aliphatic hydroxyl groups is 1. The number of aliphatic hydroxyl groups excluding tert-OH is 1. The van der Waals surface area contributed by atoms with Crippen molar-refractivity contribution in [1.29, 1.82) is 0 Å². The van der Waals surface area contributed by atoms with Crippen LogP contribution in [0.4, 0.5) is 4.39 Å². The molecule has 0 aromatic heterocycles. The monoisotopic (exact) mass is 298 g/mol. The molecular weight excluding hydrogens is 279 g/mol. The fourth-order valence-corrected chi connectivity index (χ4v) is 2.36. The summed E-state index contributed by atoms with van der Waals surface area (Å²) in [5.74, 6) is 2.97. The Balaban J connectivity index is 2.73. The lowest BCUT2D eigenvalue weighted by Gasteiger charge is -2.23. The van der Waals surface area contributed by atoms with Crippen molar-refractivity contribution in [2.24, 2.45) is 0 Å². The fraction of sp³-hybridized carbons (Fsp3) is 0.263. The Morgan fingerprint density at radius 3 is 2.50 bits per heavy atom. The van der Waals surface area contributed by atoms with Crippen molar-refractivity contribution in [2.75, 3.05) is 7.11 Å². The van der Waals surface area contributed by atoms with Crippen LogP contribution in [0.5, 0.6) is 5.75 Å². The molecule has 0 aliphatic heterocycles. The molecule has 1 N–H and O–H groups in total. The predicted octanol–water partition coefficient (Wildman–Crippen LogP) is 3.90. The zero-order valence-electron chi connectivity index (χ0n) is 13.0. The third-order valence-electron chi connectivity index (χ3n) is 3.76. The van der Waals surface area contributed by atoms with Crippen LogP contribution in [-0.4, -0.2) is 12.2 Å². The van der Waals surface area contributed by atoms with Crippen molar-refractivity contribution in [1.82, 2.24) is 0 Å². The van der Waals surface area contributed by atoms with Crippen LogP contribution in [0, 0.1) is 18.2 Å². The number of benzene rings is 2. The van der Waals surface area contributed by atoms with Gasteiger partial charge in [-0.2, -0.15) is 0 Å². The summed E-state index contributed by atoms with van der Waals surface area (Å²) in [5.41, 5.74) is 2.09. The Morgan fingerprint density at radius 1 is 1.18 bits per heavy atom. The van der Waals surface area contributed by atoms with Gasteiger partial charge in [0.25, 0.3) is 0 Å². The lowest BCUT2D eigenvalue weighted by molar-refractivity contribution is 0.281. The van der Waals surface area contributed by atoms with Crippen molar-refractivity contribution in [3.63, 3.8) is 0 Å². The van der Waals surface area contributed by atoms with Gasteiger partial charge in [0.05, 0.1) is 19.1 Å². The molecule has 114 valence electrons. The van der Waals surface area contributed by atoms with E-state index in [1.165, 1.54) is 13.2 Å². The number of halogens is 1. The number of methoxy groups -OCH3 is 1. The van der Waals surface area contributed by atoms with Gasteiger partial charge >= 0.3 is 0 Å². The highest BCUT2D eigenvalue weighted by Crippen LogP contribution is 2.36. The average molecular weight is 298 g/mol. The second-order valence-electron chi connectivity index (χ2n) is 5.65. The molecular formula is C19H19FO2. The van der Waals surface area contributed by atoms with E-state index in [2.05, 4.69) is 5.92 Å². The smallest absolute Gasteiger partial charge is 0.131 e. The van der Waals surface area contributed by atoms with Crippen LogP contribution in [0.25, 0.3) is 11.1 Å². The molecule has 2 rings (SSSR count). The Labute approximate surface area is 130 Å². The number of hydrogen-bond acceptors (Lipinski definition) is 2. The molecule has 0 saturated carbocycles. The van der Waals surface area contributed by atoms with Gasteiger partial charge in [0, 0.05) is 5.56 Å². The number of ether oxygens (including phenoxy) is 1. The second kappa shape index (κ2) is 6.21. The van der Waals surface area contributed by atoms with E-state index >= 15 is 0 Å². The lowest BCUT2D eigenvalue weighted by atomic mass is 9.80. The molecule has 0 saturated heterocycles. The van der Waals surface area contributed by atoms with Crippen LogP contribution in [-0.2, 0) is 12.0 Å². The maximum Gasteiger partial charge on any atom is 0.131 e. The number of rotatable bonds is 4. The van der Waals surface area contributed by atoms with Crippen LogP contribution < -0.4 is 4.74 Å². The summed E-state index contributed by atoms with van der Waals surface area (Å²) in [6.45, 7) is 3.70. The van der Waals surface area contributed by atoms with Crippen molar-refractivity contribution in [3.05, 3.63) is 53.3 Å². The Kier molecular flexibility index (Phi) is 4.54. The van der Waals surface area contributed by atoms with E-state index in [-0.39, 0.29) is 12.4 Å². The molecule has 2 nitrogen and oxygen atoms in total. The van der Waals surface area contributed by atoms with Gasteiger partial charge in [0.15, 0.2) is 0 Å². The standard InChI is InChI=1S/C19H19FO2/c1-5-19(2,3)17-10-13(12-21)6-8-15(17)16-11-14(22-4)7-9-18(16)20/h1,6-11,21H,12H2,2-4H3. The van der Waals surface area contributed by atoms with E-state index in [4.69, 9.17) is 11.2 Å². The van der Waals surface area contributed by atoms with E-state index in [0.717, 1.165) is 11.1 Å². The summed E-state index contributed by atoms with van der Waals surface area (Å²) in [4.78, 5) is 0. The summed E-state index contributed by atoms with van der Waals surface area (Å²) in [7, 11) is 1.54. The van der Waals surface area contributed by atoms with E-state index < -0.39 is 5.41 Å². The summed E-state index contributed by atoms with van der Waals surface area (Å²) in [5, 5.41) is 9.35. The topological polar surface area (TPSA) is 29.5 Å². The molecule has 2 aromatic rings. The first-order valence-corrected chi connectivity index (χ1v) is 6.99. The van der Waals surface area contributed by atoms with Gasteiger partial charge in [-0.25, -0.2) is 4.39 Å². The Bertz CT molecular complexity index is 727. The van der Waals surface area contributed by atoms with Crippen molar-refractivity contribution in [3.8, 4) is 29.2 Å². The van der Waals surface area contributed by atoms with Crippen LogP contribution in [0.2, 0.25) is 0 Å². The van der Waals surface area contributed by atoms with E-state index in [1.807, 2.05) is 19.9 Å². The highest BCUT2D eigenvalue weighted by atomic mass is 19.1. The van der Waals surface area contributed by atoms with Gasteiger partial charge in [-0.15, -0.1) is 6.42 Å². The zero-order chi connectivity index (χ0) is 16.3. The molecule has 0 fully saturated rings. The summed E-state index contributed by atoms with van der Waals surface area (Å²) < 4.78 is 19.5. The van der Waals surface area contributed by atoms with Crippen LogP contribution in [0.15, 0.2) is 36.4 Å². The third-order valence-corrected chi connectivity index (χ3v) is 3.76. The van der Waals surface area contributed by atoms with Gasteiger partial charge in [0.2, 0.25) is 0 Å². The molecule has 0 radical (unpaired) electrons. The first-order chi connectivity index (χ1) is 10.4. The maximum atomic E-state index is 14.3. The molecule has 0 aliphatic carbocycles. The molecule has 0 aliphatic rings. The first-order valence-electron chi connectivity index (χ1n) is 6.99. The van der Waals surface area contributed by atoms with Gasteiger partial charge in [-0.1, -0.05) is 24.1 Å². The molecule has 0 spiro atoms. The van der Waals surface area contributed by atoms with Gasteiger partial charge < -0.3 is 9.84 Å². The molecule has 0 heterocycles. The average Bonchev–Trinajstić information content (AvgIpc) is 2.54. The van der Waals surface area contributed by atoms with Crippen LogP contribution in [0.3, 0.4) is 0 Å². The fourth-order valence-electron chi connectivity index (χ4n) is 2.36. The zero-order valence-corrected chi connectivity index (χ0v) is 13.0. The van der Waals surface area contributed by atoms with Crippen molar-refractivity contribution >= 4 is 0 Å². The second-order valence-corrected chi connectivity index (χ2v) is 5.65. The normalized spacial score (nSPS) is 11.1. The third kappa shape index (κ3) is 2.98. The molecule has 0 atom stereocenters.